The molecule has 5 nitrogen and oxygen atoms in total. The van der Waals surface area contributed by atoms with Crippen LogP contribution in [0, 0.1) is 11.3 Å². The van der Waals surface area contributed by atoms with Crippen LogP contribution in [0.15, 0.2) is 42.5 Å². The van der Waals surface area contributed by atoms with E-state index in [1.165, 1.54) is 12.1 Å². The number of phenols is 2. The smallest absolute Gasteiger partial charge is 0.342 e. The molecule has 2 rings (SSSR count). The van der Waals surface area contributed by atoms with Crippen molar-refractivity contribution in [2.24, 2.45) is 0 Å². The maximum Gasteiger partial charge on any atom is 0.342 e. The predicted octanol–water partition coefficient (Wildman–Crippen LogP) is 2.33. The van der Waals surface area contributed by atoms with Gasteiger partial charge in [-0.2, -0.15) is 5.26 Å². The minimum Gasteiger partial charge on any atom is -0.508 e. The summed E-state index contributed by atoms with van der Waals surface area (Å²) in [7, 11) is 0. The lowest BCUT2D eigenvalue weighted by atomic mass is 10.1. The van der Waals surface area contributed by atoms with Gasteiger partial charge in [-0.05, 0) is 29.8 Å². The summed E-state index contributed by atoms with van der Waals surface area (Å²) < 4.78 is 5.04. The van der Waals surface area contributed by atoms with Crippen LogP contribution in [0.1, 0.15) is 21.5 Å². The summed E-state index contributed by atoms with van der Waals surface area (Å²) in [5.41, 5.74) is 1.13. The van der Waals surface area contributed by atoms with E-state index < -0.39 is 5.97 Å². The first-order valence-corrected chi connectivity index (χ1v) is 5.78. The maximum atomic E-state index is 11.8. The normalized spacial score (nSPS) is 9.75. The van der Waals surface area contributed by atoms with Crippen molar-refractivity contribution < 1.29 is 19.7 Å². The fourth-order valence-corrected chi connectivity index (χ4v) is 1.65. The Morgan fingerprint density at radius 3 is 2.70 bits per heavy atom. The van der Waals surface area contributed by atoms with Crippen molar-refractivity contribution in [3.8, 4) is 17.6 Å². The standard InChI is InChI=1S/C15H11NO4/c16-8-10-2-1-3-11(6-10)9-20-15(19)13-5-4-12(17)7-14(13)18/h1-7,17-18H,9H2. The van der Waals surface area contributed by atoms with E-state index in [2.05, 4.69) is 0 Å². The van der Waals surface area contributed by atoms with Crippen LogP contribution < -0.4 is 0 Å². The summed E-state index contributed by atoms with van der Waals surface area (Å²) in [6.07, 6.45) is 0. The third-order valence-corrected chi connectivity index (χ3v) is 2.63. The Hall–Kier alpha value is -3.00. The summed E-state index contributed by atoms with van der Waals surface area (Å²) >= 11 is 0. The number of nitriles is 1. The molecule has 2 aromatic carbocycles. The minimum atomic E-state index is -0.704. The molecule has 2 N–H and O–H groups in total. The van der Waals surface area contributed by atoms with Gasteiger partial charge in [-0.3, -0.25) is 0 Å². The highest BCUT2D eigenvalue weighted by Gasteiger charge is 2.13. The van der Waals surface area contributed by atoms with Gasteiger partial charge in [0, 0.05) is 6.07 Å². The highest BCUT2D eigenvalue weighted by molar-refractivity contribution is 5.92. The largest absolute Gasteiger partial charge is 0.508 e. The summed E-state index contributed by atoms with van der Waals surface area (Å²) in [4.78, 5) is 11.8. The van der Waals surface area contributed by atoms with Crippen LogP contribution in [0.5, 0.6) is 11.5 Å². The van der Waals surface area contributed by atoms with Gasteiger partial charge in [0.1, 0.15) is 23.7 Å². The average Bonchev–Trinajstić information content (AvgIpc) is 2.45. The van der Waals surface area contributed by atoms with E-state index in [0.29, 0.717) is 11.1 Å². The number of phenolic OH excluding ortho intramolecular Hbond substituents is 2. The number of ether oxygens (including phenoxy) is 1. The third-order valence-electron chi connectivity index (χ3n) is 2.63. The van der Waals surface area contributed by atoms with Gasteiger partial charge in [0.25, 0.3) is 0 Å². The lowest BCUT2D eigenvalue weighted by molar-refractivity contribution is 0.0469. The van der Waals surface area contributed by atoms with Crippen LogP contribution in [-0.4, -0.2) is 16.2 Å². The zero-order valence-electron chi connectivity index (χ0n) is 10.4. The van der Waals surface area contributed by atoms with Crippen molar-refractivity contribution in [1.82, 2.24) is 0 Å². The van der Waals surface area contributed by atoms with Crippen LogP contribution in [0.3, 0.4) is 0 Å². The molecule has 20 heavy (non-hydrogen) atoms. The van der Waals surface area contributed by atoms with E-state index in [9.17, 15) is 9.90 Å². The number of hydrogen-bond donors (Lipinski definition) is 2. The van der Waals surface area contributed by atoms with Gasteiger partial charge in [-0.15, -0.1) is 0 Å². The molecule has 0 bridgehead atoms. The molecule has 0 aliphatic carbocycles. The Balaban J connectivity index is 2.07. The van der Waals surface area contributed by atoms with Crippen molar-refractivity contribution in [1.29, 1.82) is 5.26 Å². The molecule has 0 amide bonds. The van der Waals surface area contributed by atoms with Gasteiger partial charge >= 0.3 is 5.97 Å². The molecule has 100 valence electrons. The van der Waals surface area contributed by atoms with Gasteiger partial charge in [-0.25, -0.2) is 4.79 Å². The first-order chi connectivity index (χ1) is 9.60. The number of hydrogen-bond acceptors (Lipinski definition) is 5. The zero-order chi connectivity index (χ0) is 14.5. The summed E-state index contributed by atoms with van der Waals surface area (Å²) in [5, 5.41) is 27.4. The van der Waals surface area contributed by atoms with Crippen molar-refractivity contribution in [2.75, 3.05) is 0 Å². The van der Waals surface area contributed by atoms with Crippen molar-refractivity contribution in [3.05, 3.63) is 59.2 Å². The number of nitrogens with zero attached hydrogens (tertiary/aromatic N) is 1. The molecule has 0 aliphatic rings. The first kappa shape index (κ1) is 13.4. The Morgan fingerprint density at radius 1 is 1.20 bits per heavy atom. The number of rotatable bonds is 3. The number of aromatic hydroxyl groups is 2. The summed E-state index contributed by atoms with van der Waals surface area (Å²) in [6, 6.07) is 12.3. The van der Waals surface area contributed by atoms with E-state index in [0.717, 1.165) is 6.07 Å². The molecule has 0 unspecified atom stereocenters. The van der Waals surface area contributed by atoms with Gasteiger partial charge in [0.15, 0.2) is 0 Å². The Labute approximate surface area is 115 Å². The fraction of sp³-hybridized carbons (Fsp3) is 0.0667. The fourth-order valence-electron chi connectivity index (χ4n) is 1.65. The van der Waals surface area contributed by atoms with Crippen molar-refractivity contribution >= 4 is 5.97 Å². The molecule has 0 aliphatic heterocycles. The Morgan fingerprint density at radius 2 is 2.00 bits per heavy atom. The van der Waals surface area contributed by atoms with E-state index >= 15 is 0 Å². The van der Waals surface area contributed by atoms with Crippen molar-refractivity contribution in [2.45, 2.75) is 6.61 Å². The van der Waals surface area contributed by atoms with Crippen LogP contribution in [-0.2, 0) is 11.3 Å². The summed E-state index contributed by atoms with van der Waals surface area (Å²) in [5.74, 6) is -1.19. The van der Waals surface area contributed by atoms with Gasteiger partial charge in [0.2, 0.25) is 0 Å². The molecule has 0 aromatic heterocycles. The molecule has 5 heteroatoms. The number of carbonyl (C=O) groups is 1. The van der Waals surface area contributed by atoms with Gasteiger partial charge in [0.05, 0.1) is 11.6 Å². The summed E-state index contributed by atoms with van der Waals surface area (Å²) in [6.45, 7) is -0.00529. The van der Waals surface area contributed by atoms with Crippen LogP contribution in [0.25, 0.3) is 0 Å². The molecule has 0 fully saturated rings. The highest BCUT2D eigenvalue weighted by Crippen LogP contribution is 2.23. The van der Waals surface area contributed by atoms with E-state index in [4.69, 9.17) is 15.1 Å². The topological polar surface area (TPSA) is 90.5 Å². The monoisotopic (exact) mass is 269 g/mol. The van der Waals surface area contributed by atoms with Crippen molar-refractivity contribution in [3.63, 3.8) is 0 Å². The molecule has 2 aromatic rings. The molecule has 0 atom stereocenters. The average molecular weight is 269 g/mol. The Kier molecular flexibility index (Phi) is 3.87. The molecular formula is C15H11NO4. The number of esters is 1. The van der Waals surface area contributed by atoms with E-state index in [1.54, 1.807) is 24.3 Å². The second-order valence-electron chi connectivity index (χ2n) is 4.09. The molecular weight excluding hydrogens is 258 g/mol. The molecule has 0 saturated heterocycles. The third kappa shape index (κ3) is 3.06. The van der Waals surface area contributed by atoms with E-state index in [1.807, 2.05) is 6.07 Å². The SMILES string of the molecule is N#Cc1cccc(COC(=O)c2ccc(O)cc2O)c1. The minimum absolute atomic E-state index is 0.00529. The maximum absolute atomic E-state index is 11.8. The molecule has 0 heterocycles. The lowest BCUT2D eigenvalue weighted by Gasteiger charge is -2.07. The van der Waals surface area contributed by atoms with Gasteiger partial charge < -0.3 is 14.9 Å². The first-order valence-electron chi connectivity index (χ1n) is 5.78. The quantitative estimate of drug-likeness (QED) is 0.834. The lowest BCUT2D eigenvalue weighted by Crippen LogP contribution is -2.05. The van der Waals surface area contributed by atoms with Crippen LogP contribution in [0.2, 0.25) is 0 Å². The number of benzene rings is 2. The molecule has 0 spiro atoms. The highest BCUT2D eigenvalue weighted by atomic mass is 16.5. The second-order valence-corrected chi connectivity index (χ2v) is 4.09. The molecule has 0 saturated carbocycles. The number of carbonyl (C=O) groups excluding carboxylic acids is 1. The second kappa shape index (κ2) is 5.76. The zero-order valence-corrected chi connectivity index (χ0v) is 10.4. The Bertz CT molecular complexity index is 689. The molecule has 0 radical (unpaired) electrons. The van der Waals surface area contributed by atoms with E-state index in [-0.39, 0.29) is 23.7 Å². The van der Waals surface area contributed by atoms with Crippen LogP contribution >= 0.6 is 0 Å². The predicted molar refractivity (Wildman–Crippen MR) is 70.0 cm³/mol. The van der Waals surface area contributed by atoms with Crippen LogP contribution in [0.4, 0.5) is 0 Å². The van der Waals surface area contributed by atoms with Gasteiger partial charge in [-0.1, -0.05) is 12.1 Å².